The summed E-state index contributed by atoms with van der Waals surface area (Å²) in [4.78, 5) is 4.60. The number of anilines is 1. The van der Waals surface area contributed by atoms with Crippen molar-refractivity contribution >= 4 is 5.69 Å². The summed E-state index contributed by atoms with van der Waals surface area (Å²) in [5.74, 6) is 2.42. The highest BCUT2D eigenvalue weighted by molar-refractivity contribution is 5.62. The molecule has 1 saturated carbocycles. The van der Waals surface area contributed by atoms with Crippen LogP contribution in [0.3, 0.4) is 0 Å². The summed E-state index contributed by atoms with van der Waals surface area (Å²) >= 11 is 0. The molecule has 0 amide bonds. The van der Waals surface area contributed by atoms with Gasteiger partial charge in [0, 0.05) is 23.8 Å². The molecule has 2 aromatic rings. The fourth-order valence-corrected chi connectivity index (χ4v) is 2.57. The van der Waals surface area contributed by atoms with Crippen LogP contribution in [0.25, 0.3) is 11.4 Å². The smallest absolute Gasteiger partial charge is 0.181 e. The fourth-order valence-electron chi connectivity index (χ4n) is 2.57. The average Bonchev–Trinajstić information content (AvgIpc) is 3.00. The van der Waals surface area contributed by atoms with Crippen molar-refractivity contribution in [3.05, 3.63) is 30.1 Å². The Kier molecular flexibility index (Phi) is 2.92. The van der Waals surface area contributed by atoms with Gasteiger partial charge in [0.25, 0.3) is 0 Å². The third-order valence-corrected chi connectivity index (χ3v) is 3.89. The normalized spacial score (nSPS) is 22.1. The van der Waals surface area contributed by atoms with Gasteiger partial charge in [-0.3, -0.25) is 5.10 Å². The topological polar surface area (TPSA) is 62.8 Å². The fraction of sp³-hybridized carbons (Fsp3) is 0.467. The molecule has 5 nitrogen and oxygen atoms in total. The van der Waals surface area contributed by atoms with Crippen molar-refractivity contribution in [2.45, 2.75) is 31.2 Å². The molecule has 2 N–H and O–H groups in total. The van der Waals surface area contributed by atoms with Gasteiger partial charge in [0.05, 0.1) is 12.6 Å². The molecule has 1 aromatic carbocycles. The first kappa shape index (κ1) is 11.9. The van der Waals surface area contributed by atoms with E-state index >= 15 is 0 Å². The van der Waals surface area contributed by atoms with Crippen molar-refractivity contribution in [3.8, 4) is 11.4 Å². The van der Waals surface area contributed by atoms with E-state index in [-0.39, 0.29) is 0 Å². The monoisotopic (exact) mass is 270 g/mol. The minimum atomic E-state index is 0.416. The second-order valence-electron chi connectivity index (χ2n) is 5.60. The molecule has 5 heteroatoms. The third kappa shape index (κ3) is 2.41. The first-order valence-corrected chi connectivity index (χ1v) is 7.25. The number of ether oxygens (including phenoxy) is 1. The van der Waals surface area contributed by atoms with E-state index in [1.54, 1.807) is 0 Å². The second kappa shape index (κ2) is 4.90. The zero-order valence-corrected chi connectivity index (χ0v) is 11.3. The highest BCUT2D eigenvalue weighted by atomic mass is 16.5. The highest BCUT2D eigenvalue weighted by Gasteiger charge is 2.27. The summed E-state index contributed by atoms with van der Waals surface area (Å²) in [6.07, 6.45) is 3.53. The predicted molar refractivity (Wildman–Crippen MR) is 76.6 cm³/mol. The molecule has 1 aliphatic carbocycles. The predicted octanol–water partition coefficient (Wildman–Crippen LogP) is 2.55. The third-order valence-electron chi connectivity index (χ3n) is 3.89. The van der Waals surface area contributed by atoms with E-state index in [9.17, 15) is 0 Å². The lowest BCUT2D eigenvalue weighted by Crippen LogP contribution is -2.18. The molecule has 1 aromatic heterocycles. The van der Waals surface area contributed by atoms with Crippen LogP contribution in [0.5, 0.6) is 0 Å². The highest BCUT2D eigenvalue weighted by Crippen LogP contribution is 2.38. The van der Waals surface area contributed by atoms with Crippen LogP contribution in [-0.4, -0.2) is 34.4 Å². The lowest BCUT2D eigenvalue weighted by molar-refractivity contribution is 0.195. The lowest BCUT2D eigenvalue weighted by atomic mass is 10.1. The Hall–Kier alpha value is -1.88. The molecule has 0 radical (unpaired) electrons. The van der Waals surface area contributed by atoms with Crippen LogP contribution in [0.4, 0.5) is 5.69 Å². The molecule has 104 valence electrons. The van der Waals surface area contributed by atoms with E-state index in [1.807, 2.05) is 6.07 Å². The SMILES string of the molecule is c1cc(N[C@@H]2CCOC2)cc(-c2n[nH]c(C3CC3)n2)c1. The maximum absolute atomic E-state index is 5.39. The molecular formula is C15H18N4O. The van der Waals surface area contributed by atoms with Crippen LogP contribution >= 0.6 is 0 Å². The summed E-state index contributed by atoms with van der Waals surface area (Å²) in [5.41, 5.74) is 2.16. The van der Waals surface area contributed by atoms with Gasteiger partial charge in [-0.25, -0.2) is 4.98 Å². The zero-order chi connectivity index (χ0) is 13.4. The molecule has 20 heavy (non-hydrogen) atoms. The number of nitrogens with one attached hydrogen (secondary N) is 2. The Morgan fingerprint density at radius 2 is 2.20 bits per heavy atom. The molecule has 4 rings (SSSR count). The number of benzene rings is 1. The molecule has 2 heterocycles. The first-order chi connectivity index (χ1) is 9.88. The van der Waals surface area contributed by atoms with Crippen molar-refractivity contribution < 1.29 is 4.74 Å². The Labute approximate surface area is 117 Å². The minimum absolute atomic E-state index is 0.416. The van der Waals surface area contributed by atoms with Crippen molar-refractivity contribution in [2.24, 2.45) is 0 Å². The quantitative estimate of drug-likeness (QED) is 0.896. The van der Waals surface area contributed by atoms with Gasteiger partial charge < -0.3 is 10.1 Å². The van der Waals surface area contributed by atoms with E-state index in [1.165, 1.54) is 12.8 Å². The van der Waals surface area contributed by atoms with E-state index in [0.29, 0.717) is 12.0 Å². The van der Waals surface area contributed by atoms with E-state index < -0.39 is 0 Å². The Balaban J connectivity index is 1.54. The van der Waals surface area contributed by atoms with E-state index in [2.05, 4.69) is 38.7 Å². The molecule has 2 aliphatic rings. The van der Waals surface area contributed by atoms with Crippen molar-refractivity contribution in [1.82, 2.24) is 15.2 Å². The van der Waals surface area contributed by atoms with Crippen molar-refractivity contribution in [1.29, 1.82) is 0 Å². The van der Waals surface area contributed by atoms with Gasteiger partial charge in [-0.1, -0.05) is 12.1 Å². The van der Waals surface area contributed by atoms with Gasteiger partial charge in [-0.05, 0) is 31.4 Å². The Bertz CT molecular complexity index is 599. The lowest BCUT2D eigenvalue weighted by Gasteiger charge is -2.12. The maximum Gasteiger partial charge on any atom is 0.181 e. The Morgan fingerprint density at radius 1 is 1.25 bits per heavy atom. The summed E-state index contributed by atoms with van der Waals surface area (Å²) in [7, 11) is 0. The van der Waals surface area contributed by atoms with Gasteiger partial charge >= 0.3 is 0 Å². The number of aromatic amines is 1. The van der Waals surface area contributed by atoms with Crippen LogP contribution in [0.2, 0.25) is 0 Å². The standard InChI is InChI=1S/C15H18N4O/c1-2-11(15-17-14(18-19-15)10-4-5-10)8-12(3-1)16-13-6-7-20-9-13/h1-3,8,10,13,16H,4-7,9H2,(H,17,18,19)/t13-/m1/s1. The van der Waals surface area contributed by atoms with Gasteiger partial charge in [0.2, 0.25) is 0 Å². The maximum atomic E-state index is 5.39. The largest absolute Gasteiger partial charge is 0.380 e. The summed E-state index contributed by atoms with van der Waals surface area (Å²) in [5, 5.41) is 10.9. The Morgan fingerprint density at radius 3 is 3.00 bits per heavy atom. The molecule has 1 atom stereocenters. The first-order valence-electron chi connectivity index (χ1n) is 7.25. The molecule has 1 saturated heterocycles. The van der Waals surface area contributed by atoms with E-state index in [4.69, 9.17) is 4.74 Å². The second-order valence-corrected chi connectivity index (χ2v) is 5.60. The number of hydrogen-bond donors (Lipinski definition) is 2. The molecular weight excluding hydrogens is 252 g/mol. The van der Waals surface area contributed by atoms with Crippen LogP contribution in [0.1, 0.15) is 31.0 Å². The summed E-state index contributed by atoms with van der Waals surface area (Å²) < 4.78 is 5.39. The number of aromatic nitrogens is 3. The minimum Gasteiger partial charge on any atom is -0.380 e. The number of nitrogens with zero attached hydrogens (tertiary/aromatic N) is 2. The summed E-state index contributed by atoms with van der Waals surface area (Å²) in [6, 6.07) is 8.70. The molecule has 0 unspecified atom stereocenters. The van der Waals surface area contributed by atoms with Gasteiger partial charge in [-0.15, -0.1) is 0 Å². The average molecular weight is 270 g/mol. The van der Waals surface area contributed by atoms with Crippen LogP contribution in [0.15, 0.2) is 24.3 Å². The summed E-state index contributed by atoms with van der Waals surface area (Å²) in [6.45, 7) is 1.64. The van der Waals surface area contributed by atoms with Gasteiger partial charge in [0.1, 0.15) is 5.82 Å². The van der Waals surface area contributed by atoms with Crippen LogP contribution < -0.4 is 5.32 Å². The number of hydrogen-bond acceptors (Lipinski definition) is 4. The van der Waals surface area contributed by atoms with Crippen LogP contribution in [-0.2, 0) is 4.74 Å². The van der Waals surface area contributed by atoms with E-state index in [0.717, 1.165) is 42.5 Å². The molecule has 0 spiro atoms. The molecule has 0 bridgehead atoms. The number of rotatable bonds is 4. The molecule has 2 fully saturated rings. The number of H-pyrrole nitrogens is 1. The van der Waals surface area contributed by atoms with Crippen LogP contribution in [0, 0.1) is 0 Å². The molecule has 1 aliphatic heterocycles. The zero-order valence-electron chi connectivity index (χ0n) is 11.3. The van der Waals surface area contributed by atoms with Gasteiger partial charge in [0.15, 0.2) is 5.82 Å². The van der Waals surface area contributed by atoms with Crippen molar-refractivity contribution in [3.63, 3.8) is 0 Å². The van der Waals surface area contributed by atoms with Crippen molar-refractivity contribution in [2.75, 3.05) is 18.5 Å². The van der Waals surface area contributed by atoms with Gasteiger partial charge in [-0.2, -0.15) is 5.10 Å².